The molecule has 0 aromatic carbocycles. The molecule has 6 nitrogen and oxygen atoms in total. The fourth-order valence-electron chi connectivity index (χ4n) is 5.91. The maximum absolute atomic E-state index is 6.14. The molecule has 1 aromatic rings. The molecular formula is C22H33N3O3. The van der Waals surface area contributed by atoms with Gasteiger partial charge in [-0.1, -0.05) is 12.8 Å². The Balaban J connectivity index is 1.25. The van der Waals surface area contributed by atoms with Crippen molar-refractivity contribution in [3.63, 3.8) is 0 Å². The number of guanidine groups is 1. The third-order valence-electron chi connectivity index (χ3n) is 7.35. The highest BCUT2D eigenvalue weighted by molar-refractivity contribution is 5.80. The first-order valence-corrected chi connectivity index (χ1v) is 11.1. The number of nitrogens with one attached hydrogen (secondary N) is 2. The van der Waals surface area contributed by atoms with E-state index in [0.29, 0.717) is 29.4 Å². The van der Waals surface area contributed by atoms with Crippen LogP contribution in [0.3, 0.4) is 0 Å². The summed E-state index contributed by atoms with van der Waals surface area (Å²) in [6, 6.07) is 4.47. The van der Waals surface area contributed by atoms with E-state index >= 15 is 0 Å². The number of nitrogens with zero attached hydrogens (tertiary/aromatic N) is 1. The lowest BCUT2D eigenvalue weighted by atomic mass is 9.54. The van der Waals surface area contributed by atoms with Crippen LogP contribution in [0.15, 0.2) is 27.8 Å². The number of hydrogen-bond acceptors (Lipinski definition) is 4. The molecule has 4 fully saturated rings. The van der Waals surface area contributed by atoms with E-state index in [4.69, 9.17) is 18.9 Å². The van der Waals surface area contributed by atoms with E-state index < -0.39 is 0 Å². The second-order valence-electron chi connectivity index (χ2n) is 8.98. The van der Waals surface area contributed by atoms with E-state index in [1.807, 2.05) is 12.1 Å². The third kappa shape index (κ3) is 3.45. The Kier molecular flexibility index (Phi) is 5.33. The molecule has 2 saturated carbocycles. The largest absolute Gasteiger partial charge is 0.469 e. The zero-order valence-electron chi connectivity index (χ0n) is 16.7. The molecule has 3 heterocycles. The number of hydrogen-bond donors (Lipinski definition) is 2. The van der Waals surface area contributed by atoms with Gasteiger partial charge in [0, 0.05) is 56.0 Å². The van der Waals surface area contributed by atoms with Gasteiger partial charge in [0.05, 0.1) is 19.0 Å². The van der Waals surface area contributed by atoms with Crippen molar-refractivity contribution < 1.29 is 13.9 Å². The van der Waals surface area contributed by atoms with Gasteiger partial charge in [-0.05, 0) is 37.8 Å². The third-order valence-corrected chi connectivity index (χ3v) is 7.35. The second kappa shape index (κ2) is 8.07. The van der Waals surface area contributed by atoms with Crippen LogP contribution in [0.4, 0.5) is 0 Å². The van der Waals surface area contributed by atoms with E-state index in [2.05, 4.69) is 10.6 Å². The summed E-state index contributed by atoms with van der Waals surface area (Å²) in [7, 11) is 0. The Labute approximate surface area is 167 Å². The van der Waals surface area contributed by atoms with Crippen LogP contribution in [0.5, 0.6) is 0 Å². The summed E-state index contributed by atoms with van der Waals surface area (Å²) < 4.78 is 17.1. The van der Waals surface area contributed by atoms with Gasteiger partial charge in [-0.15, -0.1) is 0 Å². The Morgan fingerprint density at radius 3 is 2.93 bits per heavy atom. The molecule has 6 heteroatoms. The summed E-state index contributed by atoms with van der Waals surface area (Å²) in [6.07, 6.45) is 10.6. The highest BCUT2D eigenvalue weighted by Gasteiger charge is 2.65. The lowest BCUT2D eigenvalue weighted by Gasteiger charge is -2.57. The molecule has 0 radical (unpaired) electrons. The van der Waals surface area contributed by atoms with Gasteiger partial charge >= 0.3 is 0 Å². The minimum Gasteiger partial charge on any atom is -0.469 e. The zero-order chi connectivity index (χ0) is 18.8. The second-order valence-corrected chi connectivity index (χ2v) is 8.98. The number of furan rings is 1. The van der Waals surface area contributed by atoms with Gasteiger partial charge in [-0.3, -0.25) is 4.99 Å². The fraction of sp³-hybridized carbons (Fsp3) is 0.773. The van der Waals surface area contributed by atoms with Crippen LogP contribution in [0.1, 0.15) is 44.3 Å². The van der Waals surface area contributed by atoms with Crippen molar-refractivity contribution in [1.82, 2.24) is 10.6 Å². The molecule has 2 aliphatic carbocycles. The molecule has 4 atom stereocenters. The quantitative estimate of drug-likeness (QED) is 0.580. The van der Waals surface area contributed by atoms with Crippen LogP contribution < -0.4 is 10.6 Å². The molecule has 28 heavy (non-hydrogen) atoms. The van der Waals surface area contributed by atoms with Crippen LogP contribution in [0, 0.1) is 17.3 Å². The lowest BCUT2D eigenvalue weighted by molar-refractivity contribution is -0.125. The standard InChI is InChI=1S/C22H33N3O3/c1-2-9-22(8-1)19(18-7-13-28-20(18)22)25-21(24-14-16-6-12-26-15-16)23-10-5-17-4-3-11-27-17/h3-4,11,16,18-20H,1-2,5-10,12-15H2,(H2,23,24,25). The topological polar surface area (TPSA) is 68.0 Å². The minimum absolute atomic E-state index is 0.334. The van der Waals surface area contributed by atoms with Crippen molar-refractivity contribution in [2.75, 3.05) is 32.9 Å². The Bertz CT molecular complexity index is 663. The maximum atomic E-state index is 6.14. The predicted octanol–water partition coefficient (Wildman–Crippen LogP) is 2.74. The monoisotopic (exact) mass is 387 g/mol. The molecule has 2 saturated heterocycles. The lowest BCUT2D eigenvalue weighted by Crippen LogP contribution is -2.69. The smallest absolute Gasteiger partial charge is 0.191 e. The van der Waals surface area contributed by atoms with Gasteiger partial charge in [-0.2, -0.15) is 0 Å². The molecule has 1 aromatic heterocycles. The summed E-state index contributed by atoms with van der Waals surface area (Å²) in [5.74, 6) is 3.16. The van der Waals surface area contributed by atoms with Crippen molar-refractivity contribution in [3.05, 3.63) is 24.2 Å². The van der Waals surface area contributed by atoms with Gasteiger partial charge in [0.1, 0.15) is 5.76 Å². The number of rotatable bonds is 6. The number of ether oxygens (including phenoxy) is 2. The van der Waals surface area contributed by atoms with E-state index in [0.717, 1.165) is 57.5 Å². The van der Waals surface area contributed by atoms with Gasteiger partial charge in [0.2, 0.25) is 0 Å². The Morgan fingerprint density at radius 2 is 2.14 bits per heavy atom. The van der Waals surface area contributed by atoms with Gasteiger partial charge in [0.15, 0.2) is 5.96 Å². The van der Waals surface area contributed by atoms with Crippen LogP contribution >= 0.6 is 0 Å². The van der Waals surface area contributed by atoms with E-state index in [-0.39, 0.29) is 0 Å². The average Bonchev–Trinajstić information content (AvgIpc) is 3.49. The van der Waals surface area contributed by atoms with Crippen LogP contribution in [-0.2, 0) is 15.9 Å². The molecular weight excluding hydrogens is 354 g/mol. The molecule has 154 valence electrons. The van der Waals surface area contributed by atoms with E-state index in [9.17, 15) is 0 Å². The molecule has 0 amide bonds. The highest BCUT2D eigenvalue weighted by Crippen LogP contribution is 2.60. The predicted molar refractivity (Wildman–Crippen MR) is 107 cm³/mol. The molecule has 2 N–H and O–H groups in total. The summed E-state index contributed by atoms with van der Waals surface area (Å²) >= 11 is 0. The number of fused-ring (bicyclic) bond motifs is 2. The molecule has 4 aliphatic rings. The first-order chi connectivity index (χ1) is 13.9. The summed E-state index contributed by atoms with van der Waals surface area (Å²) in [5, 5.41) is 7.41. The number of aliphatic imine (C=N–C) groups is 1. The van der Waals surface area contributed by atoms with Gasteiger partial charge in [-0.25, -0.2) is 0 Å². The van der Waals surface area contributed by atoms with Crippen molar-refractivity contribution in [3.8, 4) is 0 Å². The van der Waals surface area contributed by atoms with Crippen molar-refractivity contribution in [2.45, 2.75) is 57.1 Å². The maximum Gasteiger partial charge on any atom is 0.191 e. The molecule has 5 rings (SSSR count). The normalized spacial score (nSPS) is 33.8. The fourth-order valence-corrected chi connectivity index (χ4v) is 5.91. The summed E-state index contributed by atoms with van der Waals surface area (Å²) in [5.41, 5.74) is 0.334. The average molecular weight is 388 g/mol. The van der Waals surface area contributed by atoms with Crippen LogP contribution in [0.2, 0.25) is 0 Å². The summed E-state index contributed by atoms with van der Waals surface area (Å²) in [4.78, 5) is 4.96. The zero-order valence-corrected chi connectivity index (χ0v) is 16.7. The molecule has 1 spiro atoms. The van der Waals surface area contributed by atoms with E-state index in [1.54, 1.807) is 6.26 Å². The first-order valence-electron chi connectivity index (χ1n) is 11.1. The minimum atomic E-state index is 0.334. The Morgan fingerprint density at radius 1 is 1.21 bits per heavy atom. The SMILES string of the molecule is c1coc(CCNC(=NCC2CCOC2)NC2C3CCOC3C23CCCC3)c1. The molecule has 2 aliphatic heterocycles. The van der Waals surface area contributed by atoms with Crippen molar-refractivity contribution in [1.29, 1.82) is 0 Å². The summed E-state index contributed by atoms with van der Waals surface area (Å²) in [6.45, 7) is 4.30. The molecule has 0 bridgehead atoms. The Hall–Kier alpha value is -1.53. The first kappa shape index (κ1) is 18.5. The van der Waals surface area contributed by atoms with E-state index in [1.165, 1.54) is 32.1 Å². The van der Waals surface area contributed by atoms with Crippen LogP contribution in [-0.4, -0.2) is 51.0 Å². The van der Waals surface area contributed by atoms with Crippen molar-refractivity contribution in [2.24, 2.45) is 22.2 Å². The van der Waals surface area contributed by atoms with Crippen molar-refractivity contribution >= 4 is 5.96 Å². The van der Waals surface area contributed by atoms with Gasteiger partial charge < -0.3 is 24.5 Å². The van der Waals surface area contributed by atoms with Crippen LogP contribution in [0.25, 0.3) is 0 Å². The van der Waals surface area contributed by atoms with Gasteiger partial charge in [0.25, 0.3) is 0 Å². The molecule has 4 unspecified atom stereocenters. The highest BCUT2D eigenvalue weighted by atomic mass is 16.5.